The molecule has 0 radical (unpaired) electrons. The first kappa shape index (κ1) is 28.5. The van der Waals surface area contributed by atoms with Gasteiger partial charge in [-0.1, -0.05) is 77.5 Å². The van der Waals surface area contributed by atoms with E-state index in [0.29, 0.717) is 5.56 Å². The number of hydrogen-bond donors (Lipinski definition) is 0. The van der Waals surface area contributed by atoms with Gasteiger partial charge in [-0.2, -0.15) is 0 Å². The Hall–Kier alpha value is -3.48. The van der Waals surface area contributed by atoms with Crippen molar-refractivity contribution in [3.05, 3.63) is 124 Å². The van der Waals surface area contributed by atoms with Crippen LogP contribution in [-0.2, 0) is 9.84 Å². The minimum absolute atomic E-state index is 0.0188. The molecule has 4 nitrogen and oxygen atoms in total. The molecule has 0 saturated heterocycles. The summed E-state index contributed by atoms with van der Waals surface area (Å²) in [5.74, 6) is -0.970. The summed E-state index contributed by atoms with van der Waals surface area (Å²) in [5, 5.41) is 0. The number of hydrogen-bond acceptors (Lipinski definition) is 5. The second kappa shape index (κ2) is 11.3. The predicted octanol–water partition coefficient (Wildman–Crippen LogP) is 7.76. The summed E-state index contributed by atoms with van der Waals surface area (Å²) in [5.41, 5.74) is 4.16. The molecule has 0 amide bonds. The van der Waals surface area contributed by atoms with Crippen LogP contribution in [0.2, 0.25) is 0 Å². The van der Waals surface area contributed by atoms with Crippen molar-refractivity contribution in [2.45, 2.75) is 60.5 Å². The van der Waals surface area contributed by atoms with Crippen molar-refractivity contribution in [1.82, 2.24) is 0 Å². The van der Waals surface area contributed by atoms with Crippen LogP contribution in [0.3, 0.4) is 0 Å². The highest BCUT2D eigenvalue weighted by Gasteiger charge is 2.49. The predicted molar refractivity (Wildman–Crippen MR) is 158 cm³/mol. The minimum Gasteiger partial charge on any atom is -0.294 e. The lowest BCUT2D eigenvalue weighted by Gasteiger charge is -2.28. The summed E-state index contributed by atoms with van der Waals surface area (Å²) in [4.78, 5) is 29.8. The van der Waals surface area contributed by atoms with Gasteiger partial charge in [-0.3, -0.25) is 9.59 Å². The first-order valence-corrected chi connectivity index (χ1v) is 15.0. The van der Waals surface area contributed by atoms with Gasteiger partial charge in [0.1, 0.15) is 4.75 Å². The lowest BCUT2D eigenvalue weighted by molar-refractivity contribution is 0.0878. The Kier molecular flexibility index (Phi) is 8.28. The van der Waals surface area contributed by atoms with Crippen molar-refractivity contribution in [1.29, 1.82) is 0 Å². The molecule has 1 unspecified atom stereocenters. The molecule has 0 aliphatic heterocycles. The summed E-state index contributed by atoms with van der Waals surface area (Å²) in [6.45, 7) is 8.87. The van der Waals surface area contributed by atoms with Gasteiger partial charge in [-0.15, -0.1) is 0 Å². The van der Waals surface area contributed by atoms with E-state index in [1.807, 2.05) is 70.2 Å². The maximum absolute atomic E-state index is 14.1. The first-order chi connectivity index (χ1) is 18.4. The fraction of sp³-hybridized carbons (Fsp3) is 0.212. The number of carbonyl (C=O) groups is 2. The molecule has 0 bridgehead atoms. The quantitative estimate of drug-likeness (QED) is 0.197. The van der Waals surface area contributed by atoms with Crippen molar-refractivity contribution in [3.8, 4) is 0 Å². The number of aryl methyl sites for hydroxylation is 4. The van der Waals surface area contributed by atoms with Crippen LogP contribution in [-0.4, -0.2) is 24.7 Å². The highest BCUT2D eigenvalue weighted by molar-refractivity contribution is 7.99. The van der Waals surface area contributed by atoms with Gasteiger partial charge in [0.25, 0.3) is 0 Å². The maximum atomic E-state index is 14.1. The van der Waals surface area contributed by atoms with E-state index in [1.54, 1.807) is 48.2 Å². The summed E-state index contributed by atoms with van der Waals surface area (Å²) in [7, 11) is -4.24. The van der Waals surface area contributed by atoms with E-state index < -0.39 is 26.8 Å². The summed E-state index contributed by atoms with van der Waals surface area (Å²) in [6.07, 6.45) is -0.465. The number of Topliss-reactive ketones (excluding diaryl/α,β-unsaturated/α-hetero) is 2. The molecular formula is C33H32O4S2. The minimum atomic E-state index is -4.24. The molecule has 0 heterocycles. The standard InChI is InChI=1S/C33H32O4S2/c1-22-11-17-29(18-12-22)39(36,37)33(5,21-30(34)31-24(3)19-23(2)20-25(31)4)32(35)26-13-15-28(16-14-26)38-27-9-7-6-8-10-27/h6-20H,21H2,1-5H3. The van der Waals surface area contributed by atoms with E-state index in [-0.39, 0.29) is 16.2 Å². The van der Waals surface area contributed by atoms with Gasteiger partial charge >= 0.3 is 0 Å². The smallest absolute Gasteiger partial charge is 0.191 e. The van der Waals surface area contributed by atoms with Gasteiger partial charge in [0.15, 0.2) is 21.4 Å². The zero-order valence-electron chi connectivity index (χ0n) is 22.8. The van der Waals surface area contributed by atoms with Gasteiger partial charge in [0.2, 0.25) is 0 Å². The molecule has 0 N–H and O–H groups in total. The number of sulfone groups is 1. The molecule has 0 aromatic heterocycles. The highest BCUT2D eigenvalue weighted by Crippen LogP contribution is 2.36. The third kappa shape index (κ3) is 5.92. The molecule has 0 saturated carbocycles. The SMILES string of the molecule is Cc1ccc(S(=O)(=O)C(C)(CC(=O)c2c(C)cc(C)cc2C)C(=O)c2ccc(Sc3ccccc3)cc2)cc1. The van der Waals surface area contributed by atoms with Crippen molar-refractivity contribution in [3.63, 3.8) is 0 Å². The van der Waals surface area contributed by atoms with E-state index in [2.05, 4.69) is 0 Å². The number of benzene rings is 4. The third-order valence-corrected chi connectivity index (χ3v) is 10.4. The largest absolute Gasteiger partial charge is 0.294 e. The molecule has 0 aliphatic rings. The molecule has 1 atom stereocenters. The van der Waals surface area contributed by atoms with E-state index in [9.17, 15) is 18.0 Å². The maximum Gasteiger partial charge on any atom is 0.191 e. The lowest BCUT2D eigenvalue weighted by atomic mass is 9.88. The average Bonchev–Trinajstić information content (AvgIpc) is 2.89. The van der Waals surface area contributed by atoms with Crippen molar-refractivity contribution in [2.75, 3.05) is 0 Å². The number of ketones is 2. The molecule has 39 heavy (non-hydrogen) atoms. The topological polar surface area (TPSA) is 68.3 Å². The van der Waals surface area contributed by atoms with Crippen molar-refractivity contribution >= 4 is 33.2 Å². The van der Waals surface area contributed by atoms with Gasteiger partial charge in [-0.05, 0) is 82.1 Å². The monoisotopic (exact) mass is 556 g/mol. The molecular weight excluding hydrogens is 524 g/mol. The number of carbonyl (C=O) groups excluding carboxylic acids is 2. The van der Waals surface area contributed by atoms with Crippen LogP contribution < -0.4 is 0 Å². The van der Waals surface area contributed by atoms with Crippen LogP contribution in [0.5, 0.6) is 0 Å². The Morgan fingerprint density at radius 3 is 1.82 bits per heavy atom. The molecule has 200 valence electrons. The fourth-order valence-corrected chi connectivity index (χ4v) is 7.43. The normalized spacial score (nSPS) is 13.1. The van der Waals surface area contributed by atoms with Crippen LogP contribution in [0.15, 0.2) is 106 Å². The second-order valence-corrected chi connectivity index (χ2v) is 13.7. The second-order valence-electron chi connectivity index (χ2n) is 10.2. The summed E-state index contributed by atoms with van der Waals surface area (Å²) >= 11 is 1.55. The van der Waals surface area contributed by atoms with E-state index in [1.165, 1.54) is 19.1 Å². The summed E-state index contributed by atoms with van der Waals surface area (Å²) < 4.78 is 26.2. The Morgan fingerprint density at radius 2 is 1.26 bits per heavy atom. The Balaban J connectivity index is 1.75. The molecule has 6 heteroatoms. The fourth-order valence-electron chi connectivity index (χ4n) is 4.89. The average molecular weight is 557 g/mol. The van der Waals surface area contributed by atoms with Crippen molar-refractivity contribution < 1.29 is 18.0 Å². The molecule has 4 rings (SSSR count). The zero-order chi connectivity index (χ0) is 28.4. The van der Waals surface area contributed by atoms with Crippen LogP contribution >= 0.6 is 11.8 Å². The van der Waals surface area contributed by atoms with Gasteiger partial charge < -0.3 is 0 Å². The Morgan fingerprint density at radius 1 is 0.718 bits per heavy atom. The summed E-state index contributed by atoms with van der Waals surface area (Å²) in [6, 6.07) is 26.9. The third-order valence-electron chi connectivity index (χ3n) is 6.95. The van der Waals surface area contributed by atoms with Crippen LogP contribution in [0.1, 0.15) is 56.3 Å². The van der Waals surface area contributed by atoms with Crippen LogP contribution in [0, 0.1) is 27.7 Å². The van der Waals surface area contributed by atoms with Crippen molar-refractivity contribution in [2.24, 2.45) is 0 Å². The van der Waals surface area contributed by atoms with Gasteiger partial charge in [0.05, 0.1) is 4.90 Å². The van der Waals surface area contributed by atoms with E-state index in [4.69, 9.17) is 0 Å². The molecule has 4 aromatic carbocycles. The van der Waals surface area contributed by atoms with Gasteiger partial charge in [0, 0.05) is 27.3 Å². The highest BCUT2D eigenvalue weighted by atomic mass is 32.2. The van der Waals surface area contributed by atoms with E-state index in [0.717, 1.165) is 32.0 Å². The van der Waals surface area contributed by atoms with Crippen LogP contribution in [0.25, 0.3) is 0 Å². The Labute approximate surface area is 235 Å². The molecule has 0 aliphatic carbocycles. The Bertz CT molecular complexity index is 1600. The molecule has 0 fully saturated rings. The molecule has 4 aromatic rings. The van der Waals surface area contributed by atoms with E-state index >= 15 is 0 Å². The lowest BCUT2D eigenvalue weighted by Crippen LogP contribution is -2.45. The van der Waals surface area contributed by atoms with Crippen LogP contribution in [0.4, 0.5) is 0 Å². The number of rotatable bonds is 9. The zero-order valence-corrected chi connectivity index (χ0v) is 24.4. The first-order valence-electron chi connectivity index (χ1n) is 12.7. The molecule has 0 spiro atoms. The van der Waals surface area contributed by atoms with Gasteiger partial charge in [-0.25, -0.2) is 8.42 Å².